The lowest BCUT2D eigenvalue weighted by molar-refractivity contribution is 0.171. The maximum absolute atomic E-state index is 6.03. The van der Waals surface area contributed by atoms with Crippen molar-refractivity contribution in [3.8, 4) is 11.5 Å². The van der Waals surface area contributed by atoms with Crippen LogP contribution in [0.5, 0.6) is 11.5 Å². The van der Waals surface area contributed by atoms with E-state index in [1.165, 1.54) is 0 Å². The molecule has 0 aliphatic carbocycles. The van der Waals surface area contributed by atoms with E-state index in [1.54, 1.807) is 6.07 Å². The Morgan fingerprint density at radius 3 is 2.83 bits per heavy atom. The summed E-state index contributed by atoms with van der Waals surface area (Å²) >= 11 is 14.8. The number of thiocarbonyl (C=S) groups is 1. The van der Waals surface area contributed by atoms with Gasteiger partial charge < -0.3 is 20.1 Å². The van der Waals surface area contributed by atoms with Crippen molar-refractivity contribution >= 4 is 50.7 Å². The minimum absolute atomic E-state index is 0.472. The second-order valence-corrected chi connectivity index (χ2v) is 6.84. The highest BCUT2D eigenvalue weighted by Crippen LogP contribution is 2.30. The van der Waals surface area contributed by atoms with E-state index >= 15 is 0 Å². The predicted octanol–water partition coefficient (Wildman–Crippen LogP) is 4.06. The molecular formula is C16H15BrClN3O2S. The molecule has 2 aromatic rings. The molecule has 0 atom stereocenters. The number of aryl methyl sites for hydroxylation is 1. The lowest BCUT2D eigenvalue weighted by Crippen LogP contribution is -2.28. The molecule has 2 N–H and O–H groups in total. The maximum Gasteiger partial charge on any atom is 0.172 e. The molecule has 24 heavy (non-hydrogen) atoms. The van der Waals surface area contributed by atoms with E-state index in [1.807, 2.05) is 25.1 Å². The number of hydrogen-bond acceptors (Lipinski definition) is 4. The minimum atomic E-state index is 0.472. The third kappa shape index (κ3) is 4.09. The molecule has 2 heterocycles. The fourth-order valence-electron chi connectivity index (χ4n) is 2.18. The van der Waals surface area contributed by atoms with Crippen molar-refractivity contribution < 1.29 is 9.47 Å². The summed E-state index contributed by atoms with van der Waals surface area (Å²) < 4.78 is 11.8. The molecule has 126 valence electrons. The van der Waals surface area contributed by atoms with Gasteiger partial charge in [0.2, 0.25) is 0 Å². The molecule has 1 aromatic heterocycles. The monoisotopic (exact) mass is 427 g/mol. The molecular weight excluding hydrogens is 414 g/mol. The number of hydrogen-bond donors (Lipinski definition) is 2. The van der Waals surface area contributed by atoms with E-state index in [9.17, 15) is 0 Å². The Kier molecular flexibility index (Phi) is 5.43. The van der Waals surface area contributed by atoms with Crippen LogP contribution in [-0.4, -0.2) is 23.3 Å². The normalized spacial score (nSPS) is 12.6. The standard InChI is InChI=1S/C16H15BrClN3O2S/c1-9-12(18)7-11(17)15(20-9)21-16(24)19-8-10-2-3-13-14(6-10)23-5-4-22-13/h2-3,6-7H,4-5,8H2,1H3,(H2,19,20,21,24). The van der Waals surface area contributed by atoms with E-state index < -0.39 is 0 Å². The van der Waals surface area contributed by atoms with Gasteiger partial charge in [0.15, 0.2) is 16.6 Å². The quantitative estimate of drug-likeness (QED) is 0.719. The van der Waals surface area contributed by atoms with Crippen molar-refractivity contribution in [1.29, 1.82) is 0 Å². The Hall–Kier alpha value is -1.57. The molecule has 1 aromatic carbocycles. The molecule has 0 bridgehead atoms. The predicted molar refractivity (Wildman–Crippen MR) is 102 cm³/mol. The number of aromatic nitrogens is 1. The van der Waals surface area contributed by atoms with Crippen LogP contribution in [0.15, 0.2) is 28.7 Å². The number of benzene rings is 1. The number of fused-ring (bicyclic) bond motifs is 1. The van der Waals surface area contributed by atoms with Crippen molar-refractivity contribution in [2.45, 2.75) is 13.5 Å². The summed E-state index contributed by atoms with van der Waals surface area (Å²) in [4.78, 5) is 4.37. The van der Waals surface area contributed by atoms with Crippen LogP contribution < -0.4 is 20.1 Å². The summed E-state index contributed by atoms with van der Waals surface area (Å²) in [5.41, 5.74) is 1.78. The van der Waals surface area contributed by atoms with Gasteiger partial charge in [-0.1, -0.05) is 17.7 Å². The second kappa shape index (κ2) is 7.55. The molecule has 1 aliphatic rings. The summed E-state index contributed by atoms with van der Waals surface area (Å²) in [6, 6.07) is 7.62. The van der Waals surface area contributed by atoms with Gasteiger partial charge in [-0.05, 0) is 58.8 Å². The zero-order chi connectivity index (χ0) is 17.1. The zero-order valence-electron chi connectivity index (χ0n) is 12.9. The topological polar surface area (TPSA) is 55.4 Å². The number of ether oxygens (including phenoxy) is 2. The van der Waals surface area contributed by atoms with Crippen molar-refractivity contribution in [1.82, 2.24) is 10.3 Å². The molecule has 1 aliphatic heterocycles. The van der Waals surface area contributed by atoms with Crippen molar-refractivity contribution in [3.05, 3.63) is 45.0 Å². The first kappa shape index (κ1) is 17.3. The van der Waals surface area contributed by atoms with Gasteiger partial charge in [-0.3, -0.25) is 0 Å². The Labute approximate surface area is 158 Å². The first-order valence-corrected chi connectivity index (χ1v) is 8.87. The highest BCUT2D eigenvalue weighted by atomic mass is 79.9. The molecule has 3 rings (SSSR count). The Balaban J connectivity index is 1.61. The third-order valence-corrected chi connectivity index (χ3v) is 4.63. The number of halogens is 2. The zero-order valence-corrected chi connectivity index (χ0v) is 16.0. The van der Waals surface area contributed by atoms with Crippen molar-refractivity contribution in [2.24, 2.45) is 0 Å². The van der Waals surface area contributed by atoms with Crippen LogP contribution in [0.3, 0.4) is 0 Å². The summed E-state index contributed by atoms with van der Waals surface area (Å²) in [6.45, 7) is 3.55. The molecule has 0 unspecified atom stereocenters. The van der Waals surface area contributed by atoms with Gasteiger partial charge >= 0.3 is 0 Å². The van der Waals surface area contributed by atoms with Gasteiger partial charge in [-0.25, -0.2) is 4.98 Å². The molecule has 0 radical (unpaired) electrons. The maximum atomic E-state index is 6.03. The Bertz CT molecular complexity index is 788. The average molecular weight is 429 g/mol. The van der Waals surface area contributed by atoms with Crippen LogP contribution in [-0.2, 0) is 6.54 Å². The van der Waals surface area contributed by atoms with Gasteiger partial charge in [0.1, 0.15) is 19.0 Å². The van der Waals surface area contributed by atoms with E-state index in [2.05, 4.69) is 31.5 Å². The number of nitrogens with zero attached hydrogens (tertiary/aromatic N) is 1. The first-order chi connectivity index (χ1) is 11.5. The number of nitrogens with one attached hydrogen (secondary N) is 2. The average Bonchev–Trinajstić information content (AvgIpc) is 2.57. The lowest BCUT2D eigenvalue weighted by Gasteiger charge is -2.19. The molecule has 0 saturated carbocycles. The van der Waals surface area contributed by atoms with Gasteiger partial charge in [-0.2, -0.15) is 0 Å². The third-order valence-electron chi connectivity index (χ3n) is 3.40. The molecule has 0 fully saturated rings. The number of anilines is 1. The molecule has 8 heteroatoms. The van der Waals surface area contributed by atoms with E-state index in [-0.39, 0.29) is 0 Å². The van der Waals surface area contributed by atoms with Gasteiger partial charge in [0, 0.05) is 6.54 Å². The van der Waals surface area contributed by atoms with Crippen LogP contribution in [0.1, 0.15) is 11.3 Å². The van der Waals surface area contributed by atoms with Crippen LogP contribution >= 0.6 is 39.7 Å². The van der Waals surface area contributed by atoms with E-state index in [0.717, 1.165) is 27.2 Å². The number of pyridine rings is 1. The minimum Gasteiger partial charge on any atom is -0.486 e. The van der Waals surface area contributed by atoms with Crippen LogP contribution in [0, 0.1) is 6.92 Å². The van der Waals surface area contributed by atoms with E-state index in [0.29, 0.717) is 35.7 Å². The molecule has 0 saturated heterocycles. The molecule has 0 amide bonds. The van der Waals surface area contributed by atoms with Crippen molar-refractivity contribution in [2.75, 3.05) is 18.5 Å². The van der Waals surface area contributed by atoms with Crippen LogP contribution in [0.4, 0.5) is 5.82 Å². The molecule has 5 nitrogen and oxygen atoms in total. The summed E-state index contributed by atoms with van der Waals surface area (Å²) in [5.74, 6) is 2.16. The molecule has 0 spiro atoms. The van der Waals surface area contributed by atoms with Gasteiger partial charge in [-0.15, -0.1) is 0 Å². The lowest BCUT2D eigenvalue weighted by atomic mass is 10.2. The Morgan fingerprint density at radius 1 is 1.29 bits per heavy atom. The fraction of sp³-hybridized carbons (Fsp3) is 0.250. The Morgan fingerprint density at radius 2 is 2.04 bits per heavy atom. The van der Waals surface area contributed by atoms with E-state index in [4.69, 9.17) is 33.3 Å². The highest BCUT2D eigenvalue weighted by molar-refractivity contribution is 9.10. The summed E-state index contributed by atoms with van der Waals surface area (Å²) in [7, 11) is 0. The summed E-state index contributed by atoms with van der Waals surface area (Å²) in [5, 5.41) is 7.28. The van der Waals surface area contributed by atoms with Crippen molar-refractivity contribution in [3.63, 3.8) is 0 Å². The van der Waals surface area contributed by atoms with Gasteiger partial charge in [0.25, 0.3) is 0 Å². The highest BCUT2D eigenvalue weighted by Gasteiger charge is 2.12. The van der Waals surface area contributed by atoms with Crippen LogP contribution in [0.25, 0.3) is 0 Å². The largest absolute Gasteiger partial charge is 0.486 e. The second-order valence-electron chi connectivity index (χ2n) is 5.17. The SMILES string of the molecule is Cc1nc(NC(=S)NCc2ccc3c(c2)OCCO3)c(Br)cc1Cl. The van der Waals surface area contributed by atoms with Gasteiger partial charge in [0.05, 0.1) is 15.2 Å². The smallest absolute Gasteiger partial charge is 0.172 e. The summed E-state index contributed by atoms with van der Waals surface area (Å²) in [6.07, 6.45) is 0. The fourth-order valence-corrected chi connectivity index (χ4v) is 3.05. The number of rotatable bonds is 3. The van der Waals surface area contributed by atoms with Crippen LogP contribution in [0.2, 0.25) is 5.02 Å². The first-order valence-electron chi connectivity index (χ1n) is 7.29.